The van der Waals surface area contributed by atoms with Gasteiger partial charge in [0.15, 0.2) is 0 Å². The van der Waals surface area contributed by atoms with E-state index >= 15 is 0 Å². The molecule has 3 rings (SSSR count). The highest BCUT2D eigenvalue weighted by Gasteiger charge is 2.11. The number of ether oxygens (including phenoxy) is 1. The lowest BCUT2D eigenvalue weighted by atomic mass is 10.0. The molecule has 2 nitrogen and oxygen atoms in total. The fourth-order valence-electron chi connectivity index (χ4n) is 3.11. The van der Waals surface area contributed by atoms with E-state index in [1.54, 1.807) is 0 Å². The van der Waals surface area contributed by atoms with Gasteiger partial charge in [-0.15, -0.1) is 0 Å². The van der Waals surface area contributed by atoms with E-state index in [0.29, 0.717) is 0 Å². The van der Waals surface area contributed by atoms with Crippen molar-refractivity contribution in [1.82, 2.24) is 4.90 Å². The van der Waals surface area contributed by atoms with Crippen LogP contribution in [0.5, 0.6) is 0 Å². The van der Waals surface area contributed by atoms with Crippen molar-refractivity contribution in [2.45, 2.75) is 32.1 Å². The normalized spacial score (nSPS) is 22.6. The van der Waals surface area contributed by atoms with Crippen LogP contribution in [0.3, 0.4) is 0 Å². The lowest BCUT2D eigenvalue weighted by molar-refractivity contribution is 0.148. The Bertz CT molecular complexity index is 502. The molecule has 2 aliphatic carbocycles. The molecule has 1 heterocycles. The predicted molar refractivity (Wildman–Crippen MR) is 88.0 cm³/mol. The second kappa shape index (κ2) is 7.46. The summed E-state index contributed by atoms with van der Waals surface area (Å²) in [4.78, 5) is 2.52. The van der Waals surface area contributed by atoms with Crippen LogP contribution in [0, 0.1) is 0 Å². The molecule has 2 heteroatoms. The molecule has 21 heavy (non-hydrogen) atoms. The summed E-state index contributed by atoms with van der Waals surface area (Å²) >= 11 is 0. The summed E-state index contributed by atoms with van der Waals surface area (Å²) in [6.07, 6.45) is 21.4. The number of likely N-dealkylation sites (tertiary alicyclic amines) is 1. The average Bonchev–Trinajstić information content (AvgIpc) is 2.83. The van der Waals surface area contributed by atoms with Crippen molar-refractivity contribution in [3.8, 4) is 0 Å². The summed E-state index contributed by atoms with van der Waals surface area (Å²) in [6.45, 7) is 4.33. The van der Waals surface area contributed by atoms with Crippen LogP contribution in [0.2, 0.25) is 0 Å². The second-order valence-electron chi connectivity index (χ2n) is 5.91. The first-order valence-corrected chi connectivity index (χ1v) is 8.21. The van der Waals surface area contributed by atoms with Gasteiger partial charge in [-0.25, -0.2) is 0 Å². The van der Waals surface area contributed by atoms with E-state index in [9.17, 15) is 0 Å². The monoisotopic (exact) mass is 283 g/mol. The van der Waals surface area contributed by atoms with Crippen LogP contribution in [0.15, 0.2) is 59.4 Å². The van der Waals surface area contributed by atoms with Crippen molar-refractivity contribution in [3.05, 3.63) is 59.4 Å². The SMILES string of the molecule is C1=CCC2=CCC=C(OCCN3CCCCC3)C=C2C=C1. The second-order valence-corrected chi connectivity index (χ2v) is 5.91. The molecule has 0 N–H and O–H groups in total. The average molecular weight is 283 g/mol. The minimum atomic E-state index is 0.799. The smallest absolute Gasteiger partial charge is 0.116 e. The van der Waals surface area contributed by atoms with Gasteiger partial charge in [-0.05, 0) is 62.1 Å². The molecule has 1 fully saturated rings. The number of piperidine rings is 1. The lowest BCUT2D eigenvalue weighted by Crippen LogP contribution is -2.32. The summed E-state index contributed by atoms with van der Waals surface area (Å²) in [6, 6.07) is 0. The van der Waals surface area contributed by atoms with E-state index < -0.39 is 0 Å². The molecule has 0 aromatic heterocycles. The zero-order valence-corrected chi connectivity index (χ0v) is 12.8. The van der Waals surface area contributed by atoms with Crippen molar-refractivity contribution < 1.29 is 4.74 Å². The highest BCUT2D eigenvalue weighted by molar-refractivity contribution is 5.48. The Morgan fingerprint density at radius 1 is 1.05 bits per heavy atom. The molecule has 0 aromatic carbocycles. The zero-order valence-electron chi connectivity index (χ0n) is 12.8. The Morgan fingerprint density at radius 2 is 1.95 bits per heavy atom. The van der Waals surface area contributed by atoms with Gasteiger partial charge in [0.25, 0.3) is 0 Å². The molecule has 1 aliphatic heterocycles. The molecular weight excluding hydrogens is 258 g/mol. The molecule has 112 valence electrons. The third-order valence-electron chi connectivity index (χ3n) is 4.34. The van der Waals surface area contributed by atoms with E-state index in [1.165, 1.54) is 43.5 Å². The molecule has 0 unspecified atom stereocenters. The van der Waals surface area contributed by atoms with Gasteiger partial charge in [-0.3, -0.25) is 4.90 Å². The van der Waals surface area contributed by atoms with E-state index in [2.05, 4.69) is 47.4 Å². The molecule has 0 spiro atoms. The Morgan fingerprint density at radius 3 is 2.86 bits per heavy atom. The summed E-state index contributed by atoms with van der Waals surface area (Å²) in [7, 11) is 0. The molecule has 0 saturated carbocycles. The third-order valence-corrected chi connectivity index (χ3v) is 4.34. The fraction of sp³-hybridized carbons (Fsp3) is 0.474. The molecular formula is C19H25NO. The van der Waals surface area contributed by atoms with Gasteiger partial charge in [-0.2, -0.15) is 0 Å². The maximum Gasteiger partial charge on any atom is 0.116 e. The highest BCUT2D eigenvalue weighted by Crippen LogP contribution is 2.25. The fourth-order valence-corrected chi connectivity index (χ4v) is 3.11. The quantitative estimate of drug-likeness (QED) is 0.768. The number of rotatable bonds is 4. The van der Waals surface area contributed by atoms with Gasteiger partial charge in [0.2, 0.25) is 0 Å². The van der Waals surface area contributed by atoms with Gasteiger partial charge in [0.05, 0.1) is 0 Å². The Labute approximate surface area is 128 Å². The minimum absolute atomic E-state index is 0.799. The van der Waals surface area contributed by atoms with Gasteiger partial charge >= 0.3 is 0 Å². The topological polar surface area (TPSA) is 12.5 Å². The number of fused-ring (bicyclic) bond motifs is 1. The van der Waals surface area contributed by atoms with Crippen molar-refractivity contribution in [3.63, 3.8) is 0 Å². The Hall–Kier alpha value is -1.54. The van der Waals surface area contributed by atoms with Gasteiger partial charge in [-0.1, -0.05) is 36.8 Å². The van der Waals surface area contributed by atoms with Crippen LogP contribution in [0.25, 0.3) is 0 Å². The van der Waals surface area contributed by atoms with Crippen molar-refractivity contribution >= 4 is 0 Å². The molecule has 0 aromatic rings. The summed E-state index contributed by atoms with van der Waals surface area (Å²) in [5, 5.41) is 0. The largest absolute Gasteiger partial charge is 0.493 e. The lowest BCUT2D eigenvalue weighted by Gasteiger charge is -2.26. The maximum atomic E-state index is 6.01. The summed E-state index contributed by atoms with van der Waals surface area (Å²) in [5.74, 6) is 1.03. The standard InChI is InChI=1S/C19H25NO/c1-3-8-17-10-7-11-19(16-18(17)9-4-1)21-15-14-20-12-5-2-6-13-20/h1,3-4,9-11,16H,2,5-8,12-15H2. The van der Waals surface area contributed by atoms with Crippen molar-refractivity contribution in [1.29, 1.82) is 0 Å². The highest BCUT2D eigenvalue weighted by atomic mass is 16.5. The number of hydrogen-bond donors (Lipinski definition) is 0. The number of hydrogen-bond acceptors (Lipinski definition) is 2. The molecule has 0 bridgehead atoms. The zero-order chi connectivity index (χ0) is 14.3. The van der Waals surface area contributed by atoms with E-state index in [-0.39, 0.29) is 0 Å². The molecule has 3 aliphatic rings. The van der Waals surface area contributed by atoms with Crippen molar-refractivity contribution in [2.24, 2.45) is 0 Å². The van der Waals surface area contributed by atoms with E-state index in [0.717, 1.165) is 31.8 Å². The third kappa shape index (κ3) is 4.21. The molecule has 0 atom stereocenters. The van der Waals surface area contributed by atoms with Crippen LogP contribution >= 0.6 is 0 Å². The van der Waals surface area contributed by atoms with E-state index in [1.807, 2.05) is 0 Å². The molecule has 0 radical (unpaired) electrons. The molecule has 0 amide bonds. The van der Waals surface area contributed by atoms with Gasteiger partial charge in [0, 0.05) is 6.54 Å². The first kappa shape index (κ1) is 14.4. The van der Waals surface area contributed by atoms with Gasteiger partial charge < -0.3 is 4.74 Å². The van der Waals surface area contributed by atoms with Crippen molar-refractivity contribution in [2.75, 3.05) is 26.2 Å². The van der Waals surface area contributed by atoms with E-state index in [4.69, 9.17) is 4.74 Å². The Kier molecular flexibility index (Phi) is 5.12. The van der Waals surface area contributed by atoms with Crippen LogP contribution < -0.4 is 0 Å². The number of nitrogens with zero attached hydrogens (tertiary/aromatic N) is 1. The van der Waals surface area contributed by atoms with Crippen LogP contribution in [0.4, 0.5) is 0 Å². The summed E-state index contributed by atoms with van der Waals surface area (Å²) in [5.41, 5.74) is 2.70. The minimum Gasteiger partial charge on any atom is -0.493 e. The van der Waals surface area contributed by atoms with Crippen LogP contribution in [-0.4, -0.2) is 31.1 Å². The van der Waals surface area contributed by atoms with Gasteiger partial charge in [0.1, 0.15) is 12.4 Å². The Balaban J connectivity index is 1.54. The maximum absolute atomic E-state index is 6.01. The van der Waals surface area contributed by atoms with Crippen LogP contribution in [0.1, 0.15) is 32.1 Å². The molecule has 1 saturated heterocycles. The summed E-state index contributed by atoms with van der Waals surface area (Å²) < 4.78 is 6.01. The van der Waals surface area contributed by atoms with Crippen LogP contribution in [-0.2, 0) is 4.74 Å². The first-order valence-electron chi connectivity index (χ1n) is 8.21. The first-order chi connectivity index (χ1) is 10.4. The predicted octanol–water partition coefficient (Wildman–Crippen LogP) is 4.15. The number of allylic oxidation sites excluding steroid dienone is 9.